The van der Waals surface area contributed by atoms with Crippen LogP contribution in [0.1, 0.15) is 239 Å². The molecule has 0 amide bonds. The molecule has 0 aliphatic carbocycles. The van der Waals surface area contributed by atoms with Crippen LogP contribution in [0.5, 0.6) is 0 Å². The molecular weight excluding hydrogens is 773 g/mol. The van der Waals surface area contributed by atoms with Crippen LogP contribution in [0.4, 0.5) is 0 Å². The van der Waals surface area contributed by atoms with Crippen LogP contribution >= 0.6 is 0 Å². The van der Waals surface area contributed by atoms with E-state index in [-0.39, 0.29) is 48.6 Å². The summed E-state index contributed by atoms with van der Waals surface area (Å²) in [4.78, 5) is 24.8. The number of carbonyl (C=O) groups is 2. The van der Waals surface area contributed by atoms with Gasteiger partial charge in [-0.05, 0) is 70.6 Å². The van der Waals surface area contributed by atoms with Crippen LogP contribution in [0.25, 0.3) is 0 Å². The number of aliphatic hydroxyl groups is 1. The van der Waals surface area contributed by atoms with E-state index in [1.807, 2.05) is 0 Å². The molecule has 0 bridgehead atoms. The zero-order valence-electron chi connectivity index (χ0n) is 36.1. The quantitative estimate of drug-likeness (QED) is 0.0286. The first kappa shape index (κ1) is 54.7. The normalized spacial score (nSPS) is 12.5. The van der Waals surface area contributed by atoms with Gasteiger partial charge in [-0.25, -0.2) is 0 Å². The maximum absolute atomic E-state index is 12.8. The maximum atomic E-state index is 12.8. The van der Waals surface area contributed by atoms with Crippen molar-refractivity contribution in [1.29, 1.82) is 0 Å². The van der Waals surface area contributed by atoms with Crippen LogP contribution in [-0.4, -0.2) is 67.5 Å². The van der Waals surface area contributed by atoms with Crippen molar-refractivity contribution in [2.24, 2.45) is 0 Å². The first-order valence-corrected chi connectivity index (χ1v) is 23.2. The zero-order valence-corrected chi connectivity index (χ0v) is 38.2. The van der Waals surface area contributed by atoms with Gasteiger partial charge < -0.3 is 43.0 Å². The molecule has 0 aromatic heterocycles. The number of quaternary nitrogens is 1. The van der Waals surface area contributed by atoms with Gasteiger partial charge in [0.2, 0.25) is 0 Å². The number of ether oxygens (including phenoxy) is 2. The highest BCUT2D eigenvalue weighted by molar-refractivity contribution is 5.69. The second kappa shape index (κ2) is 42.7. The van der Waals surface area contributed by atoms with E-state index >= 15 is 0 Å². The van der Waals surface area contributed by atoms with E-state index in [4.69, 9.17) is 9.47 Å². The van der Waals surface area contributed by atoms with Gasteiger partial charge in [0.25, 0.3) is 0 Å². The molecule has 7 heteroatoms. The summed E-state index contributed by atoms with van der Waals surface area (Å²) >= 11 is 0. The van der Waals surface area contributed by atoms with Crippen LogP contribution in [0.3, 0.4) is 0 Å². The Hall–Kier alpha value is -0.410. The topological polar surface area (TPSA) is 72.8 Å². The van der Waals surface area contributed by atoms with E-state index < -0.39 is 0 Å². The Labute approximate surface area is 348 Å². The van der Waals surface area contributed by atoms with Crippen LogP contribution in [0.2, 0.25) is 0 Å². The number of aliphatic hydroxyl groups excluding tert-OH is 1. The molecule has 1 atom stereocenters. The number of hydrogen-bond acceptors (Lipinski definition) is 5. The van der Waals surface area contributed by atoms with Gasteiger partial charge in [-0.3, -0.25) is 9.59 Å². The summed E-state index contributed by atoms with van der Waals surface area (Å²) in [5, 5.41) is 9.51. The molecule has 0 spiro atoms. The lowest BCUT2D eigenvalue weighted by molar-refractivity contribution is -0.910. The van der Waals surface area contributed by atoms with Crippen molar-refractivity contribution >= 4 is 11.9 Å². The molecule has 1 N–H and O–H groups in total. The van der Waals surface area contributed by atoms with Gasteiger partial charge in [-0.15, -0.1) is 0 Å². The fourth-order valence-electron chi connectivity index (χ4n) is 7.50. The van der Waals surface area contributed by atoms with Crippen LogP contribution in [-0.2, 0) is 19.1 Å². The molecule has 0 heterocycles. The number of rotatable bonds is 42. The predicted octanol–water partition coefficient (Wildman–Crippen LogP) is 10.2. The third kappa shape index (κ3) is 39.6. The largest absolute Gasteiger partial charge is 1.00 e. The number of nitrogens with zero attached hydrogens (tertiary/aromatic N) is 1. The first-order valence-electron chi connectivity index (χ1n) is 23.2. The zero-order chi connectivity index (χ0) is 38.2. The Morgan fingerprint density at radius 3 is 1.28 bits per heavy atom. The fraction of sp³-hybridized carbons (Fsp3) is 0.957. The molecule has 318 valence electrons. The molecule has 0 aromatic carbocycles. The maximum Gasteiger partial charge on any atom is 0.306 e. The Balaban J connectivity index is 0. The molecule has 0 rings (SSSR count). The average Bonchev–Trinajstić information content (AvgIpc) is 3.13. The van der Waals surface area contributed by atoms with Crippen LogP contribution in [0, 0.1) is 0 Å². The summed E-state index contributed by atoms with van der Waals surface area (Å²) in [7, 11) is 2.36. The third-order valence-corrected chi connectivity index (χ3v) is 11.1. The minimum atomic E-state index is -0.0228. The van der Waals surface area contributed by atoms with Gasteiger partial charge in [-0.1, -0.05) is 149 Å². The van der Waals surface area contributed by atoms with E-state index in [9.17, 15) is 14.7 Å². The van der Waals surface area contributed by atoms with E-state index in [1.54, 1.807) is 0 Å². The van der Waals surface area contributed by atoms with Gasteiger partial charge in [0.1, 0.15) is 6.10 Å². The molecular formula is C46H92INO5. The number of carbonyl (C=O) groups excluding carboxylic acids is 2. The average molecular weight is 866 g/mol. The van der Waals surface area contributed by atoms with Gasteiger partial charge in [0, 0.05) is 25.9 Å². The van der Waals surface area contributed by atoms with Crippen LogP contribution < -0.4 is 24.0 Å². The Morgan fingerprint density at radius 2 is 0.830 bits per heavy atom. The van der Waals surface area contributed by atoms with Crippen molar-refractivity contribution in [3.63, 3.8) is 0 Å². The van der Waals surface area contributed by atoms with Crippen LogP contribution in [0.15, 0.2) is 0 Å². The lowest BCUT2D eigenvalue weighted by atomic mass is 10.0. The molecule has 53 heavy (non-hydrogen) atoms. The summed E-state index contributed by atoms with van der Waals surface area (Å²) in [6.45, 7) is 11.0. The molecule has 0 unspecified atom stereocenters. The highest BCUT2D eigenvalue weighted by atomic mass is 127. The smallest absolute Gasteiger partial charge is 0.306 e. The number of halogens is 1. The monoisotopic (exact) mass is 866 g/mol. The number of unbranched alkanes of at least 4 members (excludes halogenated alkanes) is 24. The second-order valence-corrected chi connectivity index (χ2v) is 16.5. The summed E-state index contributed by atoms with van der Waals surface area (Å²) in [5.41, 5.74) is 0. The summed E-state index contributed by atoms with van der Waals surface area (Å²) in [5.74, 6) is -0.000600. The standard InChI is InChI=1S/C46H92NO5.HI/c1-5-8-11-14-17-26-33-43-51-45(49)37-29-22-18-24-31-39-47(4,41-34-42-48)40-32-25-19-23-30-38-46(50)52-44(35-27-20-15-12-9-6-2)36-28-21-16-13-10-7-3;/h44,48H,5-43H2,1-4H3;1H/q+1;/p-1/t47-;/m0./s1. The van der Waals surface area contributed by atoms with E-state index in [0.29, 0.717) is 19.4 Å². The van der Waals surface area contributed by atoms with Crippen molar-refractivity contribution in [3.05, 3.63) is 0 Å². The summed E-state index contributed by atoms with van der Waals surface area (Å²) in [6.07, 6.45) is 39.5. The van der Waals surface area contributed by atoms with Crippen molar-refractivity contribution < 1.29 is 52.6 Å². The lowest BCUT2D eigenvalue weighted by Crippen LogP contribution is -3.00. The number of esters is 2. The minimum Gasteiger partial charge on any atom is -1.00 e. The molecule has 0 aromatic rings. The van der Waals surface area contributed by atoms with Crippen molar-refractivity contribution in [3.8, 4) is 0 Å². The highest BCUT2D eigenvalue weighted by Gasteiger charge is 2.20. The highest BCUT2D eigenvalue weighted by Crippen LogP contribution is 2.19. The van der Waals surface area contributed by atoms with Crippen molar-refractivity contribution in [1.82, 2.24) is 0 Å². The van der Waals surface area contributed by atoms with E-state index in [2.05, 4.69) is 27.8 Å². The Morgan fingerprint density at radius 1 is 0.472 bits per heavy atom. The SMILES string of the molecule is CCCCCCCCCOC(=O)CCCCCCC[N@+](C)(CCCO)CCCCCCCC(=O)OC(CCCCCCCC)CCCCCCCC.[I-]. The molecule has 6 nitrogen and oxygen atoms in total. The fourth-order valence-corrected chi connectivity index (χ4v) is 7.50. The molecule has 0 saturated heterocycles. The van der Waals surface area contributed by atoms with Crippen molar-refractivity contribution in [2.45, 2.75) is 245 Å². The molecule has 0 radical (unpaired) electrons. The molecule has 0 aliphatic rings. The Kier molecular flexibility index (Phi) is 44.1. The van der Waals surface area contributed by atoms with Gasteiger partial charge >= 0.3 is 11.9 Å². The second-order valence-electron chi connectivity index (χ2n) is 16.5. The summed E-state index contributed by atoms with van der Waals surface area (Å²) < 4.78 is 12.5. The predicted molar refractivity (Wildman–Crippen MR) is 223 cm³/mol. The number of hydrogen-bond donors (Lipinski definition) is 1. The van der Waals surface area contributed by atoms with Gasteiger partial charge in [0.15, 0.2) is 0 Å². The molecule has 0 aliphatic heterocycles. The summed E-state index contributed by atoms with van der Waals surface area (Å²) in [6, 6.07) is 0. The third-order valence-electron chi connectivity index (χ3n) is 11.1. The van der Waals surface area contributed by atoms with Gasteiger partial charge in [0.05, 0.1) is 33.3 Å². The minimum absolute atomic E-state index is 0. The van der Waals surface area contributed by atoms with Gasteiger partial charge in [-0.2, -0.15) is 0 Å². The Bertz CT molecular complexity index is 752. The van der Waals surface area contributed by atoms with E-state index in [1.165, 1.54) is 154 Å². The van der Waals surface area contributed by atoms with E-state index in [0.717, 1.165) is 75.5 Å². The molecule has 0 fully saturated rings. The van der Waals surface area contributed by atoms with Crippen molar-refractivity contribution in [2.75, 3.05) is 39.9 Å². The first-order chi connectivity index (χ1) is 25.4. The lowest BCUT2D eigenvalue weighted by Gasteiger charge is -2.35. The molecule has 0 saturated carbocycles.